The van der Waals surface area contributed by atoms with Crippen molar-refractivity contribution in [3.05, 3.63) is 89.5 Å². The fourth-order valence-corrected chi connectivity index (χ4v) is 5.89. The zero-order chi connectivity index (χ0) is 38.3. The molecule has 6 nitrogen and oxygen atoms in total. The molecule has 3 aromatic carbocycles. The van der Waals surface area contributed by atoms with Gasteiger partial charge in [0, 0.05) is 13.2 Å². The van der Waals surface area contributed by atoms with Crippen molar-refractivity contribution < 1.29 is 28.7 Å². The van der Waals surface area contributed by atoms with Crippen molar-refractivity contribution in [1.82, 2.24) is 0 Å². The topological polar surface area (TPSA) is 77.4 Å². The lowest BCUT2D eigenvalue weighted by atomic mass is 9.77. The molecule has 2 aliphatic rings. The summed E-state index contributed by atoms with van der Waals surface area (Å²) in [5.41, 5.74) is 7.08. The van der Waals surface area contributed by atoms with Gasteiger partial charge in [-0.15, -0.1) is 0 Å². The summed E-state index contributed by atoms with van der Waals surface area (Å²) in [6.45, 7) is 30.0. The predicted octanol–water partition coefficient (Wildman–Crippen LogP) is 6.94. The van der Waals surface area contributed by atoms with Gasteiger partial charge in [0.25, 0.3) is 0 Å². The van der Waals surface area contributed by atoms with Gasteiger partial charge in [0.15, 0.2) is 0 Å². The Morgan fingerprint density at radius 1 is 0.529 bits per heavy atom. The molecule has 5 rings (SSSR count). The van der Waals surface area contributed by atoms with Crippen LogP contribution in [0.1, 0.15) is 113 Å². The molecule has 2 N–H and O–H groups in total. The summed E-state index contributed by atoms with van der Waals surface area (Å²) in [6.07, 6.45) is 4.17. The minimum Gasteiger partial charge on any atom is -0.423 e. The van der Waals surface area contributed by atoms with E-state index in [2.05, 4.69) is 139 Å². The molecule has 0 saturated carbocycles. The third-order valence-corrected chi connectivity index (χ3v) is 9.07. The number of hydrogen-bond donors (Lipinski definition) is 2. The van der Waals surface area contributed by atoms with Crippen LogP contribution < -0.4 is 16.4 Å². The summed E-state index contributed by atoms with van der Waals surface area (Å²) in [5.74, 6) is 0. The van der Waals surface area contributed by atoms with Gasteiger partial charge in [0.1, 0.15) is 0 Å². The highest BCUT2D eigenvalue weighted by molar-refractivity contribution is 6.62. The van der Waals surface area contributed by atoms with Crippen LogP contribution >= 0.6 is 0 Å². The summed E-state index contributed by atoms with van der Waals surface area (Å²) in [4.78, 5) is 0. The molecule has 51 heavy (non-hydrogen) atoms. The number of hydrogen-bond acceptors (Lipinski definition) is 6. The van der Waals surface area contributed by atoms with Crippen molar-refractivity contribution in [2.45, 2.75) is 127 Å². The summed E-state index contributed by atoms with van der Waals surface area (Å²) >= 11 is 0. The van der Waals surface area contributed by atoms with Gasteiger partial charge in [-0.2, -0.15) is 0 Å². The molecular formula is C42H65B3O6. The van der Waals surface area contributed by atoms with Gasteiger partial charge in [-0.3, -0.25) is 0 Å². The minimum atomic E-state index is -1.36. The molecule has 0 spiro atoms. The molecule has 2 fully saturated rings. The molecule has 0 radical (unpaired) electrons. The number of benzene rings is 3. The zero-order valence-electron chi connectivity index (χ0n) is 33.9. The first kappa shape index (κ1) is 43.0. The summed E-state index contributed by atoms with van der Waals surface area (Å²) in [6, 6.07) is 24.6. The Bertz CT molecular complexity index is 1440. The maximum absolute atomic E-state index is 8.90. The van der Waals surface area contributed by atoms with Crippen LogP contribution in [0.5, 0.6) is 0 Å². The first-order valence-electron chi connectivity index (χ1n) is 18.6. The molecular weight excluding hydrogens is 633 g/mol. The Kier molecular flexibility index (Phi) is 14.9. The first-order chi connectivity index (χ1) is 23.4. The molecule has 0 aromatic heterocycles. The van der Waals surface area contributed by atoms with E-state index in [9.17, 15) is 0 Å². The van der Waals surface area contributed by atoms with Crippen LogP contribution in [0.15, 0.2) is 72.8 Å². The quantitative estimate of drug-likeness (QED) is 0.272. The van der Waals surface area contributed by atoms with E-state index in [4.69, 9.17) is 28.7 Å². The maximum Gasteiger partial charge on any atom is 0.494 e. The molecule has 2 heterocycles. The van der Waals surface area contributed by atoms with Gasteiger partial charge in [-0.05, 0) is 103 Å². The van der Waals surface area contributed by atoms with Gasteiger partial charge in [-0.1, -0.05) is 135 Å². The van der Waals surface area contributed by atoms with Crippen molar-refractivity contribution in [2.24, 2.45) is 16.2 Å². The van der Waals surface area contributed by atoms with E-state index in [1.54, 1.807) is 12.1 Å². The lowest BCUT2D eigenvalue weighted by molar-refractivity contribution is 0.00578. The summed E-state index contributed by atoms with van der Waals surface area (Å²) < 4.78 is 23.3. The highest BCUT2D eigenvalue weighted by Gasteiger charge is 2.51. The Balaban J connectivity index is 0.000000210. The normalized spacial score (nSPS) is 17.2. The van der Waals surface area contributed by atoms with Gasteiger partial charge in [0.05, 0.1) is 11.2 Å². The molecule has 0 aliphatic carbocycles. The molecule has 9 heteroatoms. The van der Waals surface area contributed by atoms with Crippen molar-refractivity contribution in [3.63, 3.8) is 0 Å². The first-order valence-corrected chi connectivity index (χ1v) is 18.6. The molecule has 0 amide bonds. The summed E-state index contributed by atoms with van der Waals surface area (Å²) in [5, 5.41) is 17.8. The van der Waals surface area contributed by atoms with E-state index in [-0.39, 0.29) is 30.9 Å². The van der Waals surface area contributed by atoms with E-state index in [1.165, 1.54) is 16.7 Å². The maximum atomic E-state index is 8.90. The Morgan fingerprint density at radius 2 is 0.843 bits per heavy atom. The highest BCUT2D eigenvalue weighted by atomic mass is 16.7. The van der Waals surface area contributed by atoms with Crippen molar-refractivity contribution in [3.8, 4) is 0 Å². The van der Waals surface area contributed by atoms with Gasteiger partial charge < -0.3 is 28.7 Å². The van der Waals surface area contributed by atoms with E-state index in [0.717, 1.165) is 49.8 Å². The molecule has 2 saturated heterocycles. The largest absolute Gasteiger partial charge is 0.494 e. The molecule has 0 unspecified atom stereocenters. The average Bonchev–Trinajstić information content (AvgIpc) is 3.23. The van der Waals surface area contributed by atoms with Crippen LogP contribution in [0, 0.1) is 16.2 Å². The number of rotatable bonds is 6. The van der Waals surface area contributed by atoms with E-state index >= 15 is 0 Å². The molecule has 2 aliphatic heterocycles. The smallest absolute Gasteiger partial charge is 0.423 e. The Labute approximate surface area is 311 Å². The van der Waals surface area contributed by atoms with Crippen molar-refractivity contribution in [2.75, 3.05) is 13.2 Å². The van der Waals surface area contributed by atoms with Crippen LogP contribution in [-0.2, 0) is 37.9 Å². The van der Waals surface area contributed by atoms with Crippen molar-refractivity contribution in [1.29, 1.82) is 0 Å². The lowest BCUT2D eigenvalue weighted by Crippen LogP contribution is -2.41. The molecule has 278 valence electrons. The van der Waals surface area contributed by atoms with E-state index < -0.39 is 7.12 Å². The molecule has 0 atom stereocenters. The average molecular weight is 698 g/mol. The van der Waals surface area contributed by atoms with E-state index in [1.807, 2.05) is 12.1 Å². The fourth-order valence-electron chi connectivity index (χ4n) is 5.89. The van der Waals surface area contributed by atoms with Gasteiger partial charge >= 0.3 is 21.4 Å². The van der Waals surface area contributed by atoms with E-state index in [0.29, 0.717) is 16.3 Å². The zero-order valence-corrected chi connectivity index (χ0v) is 33.9. The molecule has 3 aromatic rings. The van der Waals surface area contributed by atoms with Crippen molar-refractivity contribution >= 4 is 37.7 Å². The minimum absolute atomic E-state index is 0.160. The second-order valence-electron chi connectivity index (χ2n) is 18.8. The Hall–Kier alpha value is -2.39. The van der Waals surface area contributed by atoms with Crippen LogP contribution in [0.2, 0.25) is 0 Å². The summed E-state index contributed by atoms with van der Waals surface area (Å²) in [7, 11) is -1.78. The SMILES string of the molecule is CC(C)(C)Cc1ccc(B(O)O)cc1.CC(C)(C)Cc1ccc(B2OC(C)(C)C(C)(C)O2)cc1.CC(C)(C)Cc1ccc(B2OCCCO2)cc1. The Morgan fingerprint density at radius 3 is 1.16 bits per heavy atom. The molecule has 0 bridgehead atoms. The highest BCUT2D eigenvalue weighted by Crippen LogP contribution is 2.36. The van der Waals surface area contributed by atoms with Crippen LogP contribution in [0.4, 0.5) is 0 Å². The predicted molar refractivity (Wildman–Crippen MR) is 216 cm³/mol. The second kappa shape index (κ2) is 17.6. The van der Waals surface area contributed by atoms with Crippen LogP contribution in [0.3, 0.4) is 0 Å². The second-order valence-corrected chi connectivity index (χ2v) is 18.8. The van der Waals surface area contributed by atoms with Gasteiger partial charge in [0.2, 0.25) is 0 Å². The lowest BCUT2D eigenvalue weighted by Gasteiger charge is -2.32. The van der Waals surface area contributed by atoms with Crippen LogP contribution in [0.25, 0.3) is 0 Å². The standard InChI is InChI=1S/C17H27BO2.C14H21BO2.C11H17BO2/c1-15(2,3)12-13-8-10-14(11-9-13)18-19-16(4,5)17(6,7)20-18;1-14(2,3)11-12-5-7-13(8-6-12)15-16-9-4-10-17-15;1-11(2,3)8-9-4-6-10(7-5-9)12(13)14/h8-11H,12H2,1-7H3;5-8H,4,9-11H2,1-3H3;4-7,13-14H,8H2,1-3H3. The van der Waals surface area contributed by atoms with Gasteiger partial charge in [-0.25, -0.2) is 0 Å². The van der Waals surface area contributed by atoms with Crippen LogP contribution in [-0.4, -0.2) is 55.8 Å². The monoisotopic (exact) mass is 699 g/mol. The third-order valence-electron chi connectivity index (χ3n) is 9.07. The third kappa shape index (κ3) is 14.9. The fraction of sp³-hybridized carbons (Fsp3) is 0.571.